The molecule has 0 saturated heterocycles. The molecular weight excluding hydrogens is 238 g/mol. The van der Waals surface area contributed by atoms with Crippen molar-refractivity contribution in [3.8, 4) is 0 Å². The van der Waals surface area contributed by atoms with E-state index in [-0.39, 0.29) is 11.3 Å². The van der Waals surface area contributed by atoms with Gasteiger partial charge in [-0.1, -0.05) is 13.8 Å². The molecule has 0 aromatic carbocycles. The summed E-state index contributed by atoms with van der Waals surface area (Å²) in [5.74, 6) is 0.126. The fourth-order valence-electron chi connectivity index (χ4n) is 2.32. The van der Waals surface area contributed by atoms with Crippen molar-refractivity contribution < 1.29 is 4.79 Å². The van der Waals surface area contributed by atoms with Crippen molar-refractivity contribution in [3.63, 3.8) is 0 Å². The SMILES string of the molecule is CCN(CC(C)(C)CN)C(=O)c1cccn1C1CC1. The molecule has 2 rings (SSSR count). The molecule has 1 aromatic heterocycles. The summed E-state index contributed by atoms with van der Waals surface area (Å²) in [6.07, 6.45) is 4.40. The number of aromatic nitrogens is 1. The first-order valence-electron chi connectivity index (χ1n) is 7.14. The minimum Gasteiger partial charge on any atom is -0.340 e. The quantitative estimate of drug-likeness (QED) is 0.856. The number of hydrogen-bond donors (Lipinski definition) is 1. The zero-order valence-corrected chi connectivity index (χ0v) is 12.2. The maximum Gasteiger partial charge on any atom is 0.270 e. The number of rotatable bonds is 6. The third-order valence-corrected chi connectivity index (χ3v) is 3.78. The Hall–Kier alpha value is -1.29. The first-order valence-corrected chi connectivity index (χ1v) is 7.14. The van der Waals surface area contributed by atoms with Gasteiger partial charge in [-0.25, -0.2) is 0 Å². The molecule has 0 aliphatic heterocycles. The number of amides is 1. The van der Waals surface area contributed by atoms with E-state index in [1.165, 1.54) is 12.8 Å². The van der Waals surface area contributed by atoms with Crippen LogP contribution < -0.4 is 5.73 Å². The van der Waals surface area contributed by atoms with Crippen LogP contribution in [0, 0.1) is 5.41 Å². The van der Waals surface area contributed by atoms with Crippen LogP contribution >= 0.6 is 0 Å². The van der Waals surface area contributed by atoms with E-state index in [0.717, 1.165) is 12.2 Å². The smallest absolute Gasteiger partial charge is 0.270 e. The number of nitrogens with zero attached hydrogens (tertiary/aromatic N) is 2. The summed E-state index contributed by atoms with van der Waals surface area (Å²) < 4.78 is 2.13. The normalized spacial score (nSPS) is 15.6. The molecule has 0 unspecified atom stereocenters. The van der Waals surface area contributed by atoms with Crippen molar-refractivity contribution in [1.29, 1.82) is 0 Å². The van der Waals surface area contributed by atoms with Gasteiger partial charge in [0.25, 0.3) is 5.91 Å². The highest BCUT2D eigenvalue weighted by molar-refractivity contribution is 5.92. The lowest BCUT2D eigenvalue weighted by molar-refractivity contribution is 0.0689. The van der Waals surface area contributed by atoms with E-state index >= 15 is 0 Å². The van der Waals surface area contributed by atoms with Crippen molar-refractivity contribution in [3.05, 3.63) is 24.0 Å². The lowest BCUT2D eigenvalue weighted by Gasteiger charge is -2.31. The van der Waals surface area contributed by atoms with E-state index in [0.29, 0.717) is 19.1 Å². The second kappa shape index (κ2) is 5.37. The van der Waals surface area contributed by atoms with Crippen molar-refractivity contribution in [2.45, 2.75) is 39.7 Å². The van der Waals surface area contributed by atoms with Gasteiger partial charge in [-0.2, -0.15) is 0 Å². The average Bonchev–Trinajstić information content (AvgIpc) is 3.13. The lowest BCUT2D eigenvalue weighted by Crippen LogP contribution is -2.42. The molecule has 4 heteroatoms. The van der Waals surface area contributed by atoms with Crippen LogP contribution in [-0.4, -0.2) is 35.0 Å². The van der Waals surface area contributed by atoms with Crippen LogP contribution in [0.25, 0.3) is 0 Å². The van der Waals surface area contributed by atoms with Crippen LogP contribution in [0.3, 0.4) is 0 Å². The Kier molecular flexibility index (Phi) is 3.99. The maximum absolute atomic E-state index is 12.6. The van der Waals surface area contributed by atoms with Crippen molar-refractivity contribution in [2.75, 3.05) is 19.6 Å². The van der Waals surface area contributed by atoms with Gasteiger partial charge >= 0.3 is 0 Å². The number of nitrogens with two attached hydrogens (primary N) is 1. The summed E-state index contributed by atoms with van der Waals surface area (Å²) in [5, 5.41) is 0. The van der Waals surface area contributed by atoms with Gasteiger partial charge in [0.05, 0.1) is 0 Å². The minimum atomic E-state index is -0.0390. The predicted octanol–water partition coefficient (Wildman–Crippen LogP) is 2.27. The van der Waals surface area contributed by atoms with Gasteiger partial charge in [0.2, 0.25) is 0 Å². The van der Waals surface area contributed by atoms with Gasteiger partial charge in [-0.15, -0.1) is 0 Å². The summed E-state index contributed by atoms with van der Waals surface area (Å²) >= 11 is 0. The van der Waals surface area contributed by atoms with Gasteiger partial charge in [0.1, 0.15) is 5.69 Å². The van der Waals surface area contributed by atoms with Crippen LogP contribution in [-0.2, 0) is 0 Å². The Morgan fingerprint density at radius 3 is 2.74 bits per heavy atom. The molecule has 1 fully saturated rings. The van der Waals surface area contributed by atoms with E-state index in [2.05, 4.69) is 18.4 Å². The molecule has 0 spiro atoms. The highest BCUT2D eigenvalue weighted by Gasteiger charge is 2.29. The number of carbonyl (C=O) groups is 1. The summed E-state index contributed by atoms with van der Waals surface area (Å²) in [6.45, 7) is 8.23. The third-order valence-electron chi connectivity index (χ3n) is 3.78. The van der Waals surface area contributed by atoms with Gasteiger partial charge < -0.3 is 15.2 Å². The molecule has 1 amide bonds. The summed E-state index contributed by atoms with van der Waals surface area (Å²) in [4.78, 5) is 14.6. The monoisotopic (exact) mass is 263 g/mol. The van der Waals surface area contributed by atoms with E-state index in [1.54, 1.807) is 0 Å². The fourth-order valence-corrected chi connectivity index (χ4v) is 2.32. The molecule has 0 bridgehead atoms. The number of hydrogen-bond acceptors (Lipinski definition) is 2. The molecule has 19 heavy (non-hydrogen) atoms. The van der Waals surface area contributed by atoms with Gasteiger partial charge in [-0.05, 0) is 43.9 Å². The highest BCUT2D eigenvalue weighted by Crippen LogP contribution is 2.36. The van der Waals surface area contributed by atoms with E-state index in [9.17, 15) is 4.79 Å². The van der Waals surface area contributed by atoms with Crippen molar-refractivity contribution >= 4 is 5.91 Å². The van der Waals surface area contributed by atoms with E-state index < -0.39 is 0 Å². The van der Waals surface area contributed by atoms with E-state index in [4.69, 9.17) is 5.73 Å². The Labute approximate surface area is 115 Å². The Morgan fingerprint density at radius 1 is 1.53 bits per heavy atom. The Morgan fingerprint density at radius 2 is 2.21 bits per heavy atom. The standard InChI is InChI=1S/C15H25N3O/c1-4-17(11-15(2,3)10-16)14(19)13-6-5-9-18(13)12-7-8-12/h5-6,9,12H,4,7-8,10-11,16H2,1-3H3. The second-order valence-electron chi connectivity index (χ2n) is 6.22. The lowest BCUT2D eigenvalue weighted by atomic mass is 9.93. The van der Waals surface area contributed by atoms with Crippen molar-refractivity contribution in [2.24, 2.45) is 11.1 Å². The molecule has 0 radical (unpaired) electrons. The molecule has 1 aliphatic rings. The zero-order valence-electron chi connectivity index (χ0n) is 12.2. The van der Waals surface area contributed by atoms with E-state index in [1.807, 2.05) is 30.2 Å². The molecular formula is C15H25N3O. The molecule has 2 N–H and O–H groups in total. The van der Waals surface area contributed by atoms with Crippen LogP contribution in [0.1, 0.15) is 50.1 Å². The summed E-state index contributed by atoms with van der Waals surface area (Å²) in [5.41, 5.74) is 6.55. The summed E-state index contributed by atoms with van der Waals surface area (Å²) in [6, 6.07) is 4.43. The van der Waals surface area contributed by atoms with Crippen LogP contribution in [0.2, 0.25) is 0 Å². The minimum absolute atomic E-state index is 0.0390. The Bertz CT molecular complexity index is 446. The molecule has 4 nitrogen and oxygen atoms in total. The van der Waals surface area contributed by atoms with Crippen molar-refractivity contribution in [1.82, 2.24) is 9.47 Å². The van der Waals surface area contributed by atoms with Gasteiger partial charge in [0, 0.05) is 25.3 Å². The molecule has 1 heterocycles. The first-order chi connectivity index (χ1) is 8.98. The molecule has 1 aromatic rings. The molecule has 1 saturated carbocycles. The molecule has 0 atom stereocenters. The molecule has 1 aliphatic carbocycles. The third kappa shape index (κ3) is 3.18. The molecule has 106 valence electrons. The van der Waals surface area contributed by atoms with Crippen LogP contribution in [0.15, 0.2) is 18.3 Å². The topological polar surface area (TPSA) is 51.3 Å². The first kappa shape index (κ1) is 14.1. The second-order valence-corrected chi connectivity index (χ2v) is 6.22. The Balaban J connectivity index is 2.13. The largest absolute Gasteiger partial charge is 0.340 e. The maximum atomic E-state index is 12.6. The number of carbonyl (C=O) groups excluding carboxylic acids is 1. The highest BCUT2D eigenvalue weighted by atomic mass is 16.2. The van der Waals surface area contributed by atoms with Crippen LogP contribution in [0.4, 0.5) is 0 Å². The predicted molar refractivity (Wildman–Crippen MR) is 77.1 cm³/mol. The zero-order chi connectivity index (χ0) is 14.0. The van der Waals surface area contributed by atoms with Crippen LogP contribution in [0.5, 0.6) is 0 Å². The van der Waals surface area contributed by atoms with Gasteiger partial charge in [-0.3, -0.25) is 4.79 Å². The fraction of sp³-hybridized carbons (Fsp3) is 0.667. The average molecular weight is 263 g/mol. The summed E-state index contributed by atoms with van der Waals surface area (Å²) in [7, 11) is 0. The van der Waals surface area contributed by atoms with Gasteiger partial charge in [0.15, 0.2) is 0 Å².